The van der Waals surface area contributed by atoms with E-state index < -0.39 is 11.4 Å². The number of hydrogen-bond donors (Lipinski definition) is 1. The minimum absolute atomic E-state index is 0.158. The van der Waals surface area contributed by atoms with Crippen LogP contribution in [-0.4, -0.2) is 37.9 Å². The van der Waals surface area contributed by atoms with Crippen LogP contribution in [0.4, 0.5) is 0 Å². The second-order valence-corrected chi connectivity index (χ2v) is 11.5. The Morgan fingerprint density at radius 3 is 1.95 bits per heavy atom. The van der Waals surface area contributed by atoms with Crippen molar-refractivity contribution in [2.45, 2.75) is 116 Å². The molecular formula is C32H48ClNO5. The minimum Gasteiger partial charge on any atom is -0.496 e. The Labute approximate surface area is 240 Å². The molecule has 2 aliphatic rings. The molecule has 2 atom stereocenters. The molecule has 1 aliphatic carbocycles. The molecule has 0 saturated heterocycles. The van der Waals surface area contributed by atoms with Crippen LogP contribution < -0.4 is 19.5 Å². The molecule has 0 saturated carbocycles. The molecule has 0 amide bonds. The third-order valence-corrected chi connectivity index (χ3v) is 8.55. The van der Waals surface area contributed by atoms with E-state index >= 15 is 0 Å². The number of rotatable bonds is 18. The molecule has 3 rings (SSSR count). The van der Waals surface area contributed by atoms with E-state index in [1.807, 2.05) is 6.92 Å². The minimum atomic E-state index is -1.62. The van der Waals surface area contributed by atoms with E-state index in [9.17, 15) is 9.59 Å². The quantitative estimate of drug-likeness (QED) is 0.144. The standard InChI is InChI=1S/C32H48ClNO5/c1-5-6-7-8-9-10-11-12-13-14-15-16-17-18-19-34-24-20-23(2)32(27(35)21-24)31(36)28-25(37-3)22-26(38-4)29(33)30(28)39-32/h21-23,34H,5-20H2,1-4H3/t23-,32+/m1/s1. The number of hydrogen-bond acceptors (Lipinski definition) is 6. The third-order valence-electron chi connectivity index (χ3n) is 8.19. The van der Waals surface area contributed by atoms with Crippen LogP contribution in [0, 0.1) is 5.92 Å². The summed E-state index contributed by atoms with van der Waals surface area (Å²) in [7, 11) is 2.94. The number of allylic oxidation sites excluding steroid dienone is 1. The van der Waals surface area contributed by atoms with Crippen LogP contribution in [0.5, 0.6) is 17.2 Å². The Balaban J connectivity index is 1.38. The smallest absolute Gasteiger partial charge is 0.236 e. The summed E-state index contributed by atoms with van der Waals surface area (Å²) in [6.07, 6.45) is 20.7. The van der Waals surface area contributed by atoms with Crippen molar-refractivity contribution in [2.75, 3.05) is 20.8 Å². The van der Waals surface area contributed by atoms with Crippen molar-refractivity contribution in [2.24, 2.45) is 5.92 Å². The highest BCUT2D eigenvalue weighted by atomic mass is 35.5. The summed E-state index contributed by atoms with van der Waals surface area (Å²) in [6.45, 7) is 4.97. The largest absolute Gasteiger partial charge is 0.496 e. The summed E-state index contributed by atoms with van der Waals surface area (Å²) in [5, 5.41) is 3.59. The van der Waals surface area contributed by atoms with Gasteiger partial charge in [-0.15, -0.1) is 0 Å². The predicted octanol–water partition coefficient (Wildman–Crippen LogP) is 8.23. The first kappa shape index (κ1) is 31.3. The maximum atomic E-state index is 13.6. The molecule has 1 N–H and O–H groups in total. The molecule has 1 heterocycles. The maximum Gasteiger partial charge on any atom is 0.236 e. The van der Waals surface area contributed by atoms with Gasteiger partial charge in [0, 0.05) is 30.3 Å². The molecule has 0 bridgehead atoms. The van der Waals surface area contributed by atoms with Crippen molar-refractivity contribution in [3.05, 3.63) is 28.4 Å². The number of Topliss-reactive ketones (excluding diaryl/α,β-unsaturated/α-hetero) is 1. The molecule has 0 fully saturated rings. The molecule has 1 aliphatic heterocycles. The summed E-state index contributed by atoms with van der Waals surface area (Å²) in [4.78, 5) is 26.9. The van der Waals surface area contributed by atoms with Crippen LogP contribution >= 0.6 is 11.6 Å². The first-order chi connectivity index (χ1) is 18.9. The van der Waals surface area contributed by atoms with Crippen LogP contribution in [0.2, 0.25) is 5.02 Å². The molecule has 1 aromatic rings. The molecule has 1 aromatic carbocycles. The highest BCUT2D eigenvalue weighted by molar-refractivity contribution is 6.36. The number of halogens is 1. The number of carbonyl (C=O) groups is 2. The highest BCUT2D eigenvalue weighted by Crippen LogP contribution is 2.52. The number of benzene rings is 1. The van der Waals surface area contributed by atoms with Gasteiger partial charge in [0.2, 0.25) is 17.2 Å². The lowest BCUT2D eigenvalue weighted by molar-refractivity contribution is -0.129. The van der Waals surface area contributed by atoms with Gasteiger partial charge in [0.15, 0.2) is 5.75 Å². The summed E-state index contributed by atoms with van der Waals surface area (Å²) in [6, 6.07) is 1.55. The van der Waals surface area contributed by atoms with E-state index in [0.717, 1.165) is 18.7 Å². The third kappa shape index (κ3) is 7.50. The van der Waals surface area contributed by atoms with Crippen molar-refractivity contribution in [1.82, 2.24) is 5.32 Å². The lowest BCUT2D eigenvalue weighted by Crippen LogP contribution is -2.55. The molecular weight excluding hydrogens is 514 g/mol. The fraction of sp³-hybridized carbons (Fsp3) is 0.688. The van der Waals surface area contributed by atoms with E-state index in [4.69, 9.17) is 25.8 Å². The Morgan fingerprint density at radius 1 is 0.897 bits per heavy atom. The maximum absolute atomic E-state index is 13.6. The summed E-state index contributed by atoms with van der Waals surface area (Å²) < 4.78 is 16.8. The van der Waals surface area contributed by atoms with Crippen LogP contribution in [0.15, 0.2) is 17.8 Å². The average molecular weight is 562 g/mol. The number of ketones is 2. The second-order valence-electron chi connectivity index (χ2n) is 11.1. The lowest BCUT2D eigenvalue weighted by atomic mass is 9.74. The molecule has 39 heavy (non-hydrogen) atoms. The number of methoxy groups -OCH3 is 2. The zero-order valence-electron chi connectivity index (χ0n) is 24.5. The van der Waals surface area contributed by atoms with Gasteiger partial charge < -0.3 is 19.5 Å². The van der Waals surface area contributed by atoms with Crippen molar-refractivity contribution in [3.63, 3.8) is 0 Å². The number of nitrogens with one attached hydrogen (secondary N) is 1. The predicted molar refractivity (Wildman–Crippen MR) is 157 cm³/mol. The number of unbranched alkanes of at least 4 members (excludes halogenated alkanes) is 13. The molecule has 0 unspecified atom stereocenters. The summed E-state index contributed by atoms with van der Waals surface area (Å²) in [5.41, 5.74) is -0.558. The highest BCUT2D eigenvalue weighted by Gasteiger charge is 2.60. The van der Waals surface area contributed by atoms with Gasteiger partial charge in [0.05, 0.1) is 14.2 Å². The van der Waals surface area contributed by atoms with E-state index in [1.54, 1.807) is 6.07 Å². The van der Waals surface area contributed by atoms with Gasteiger partial charge in [-0.05, 0) is 12.8 Å². The fourth-order valence-corrected chi connectivity index (χ4v) is 6.09. The van der Waals surface area contributed by atoms with E-state index in [0.29, 0.717) is 17.9 Å². The number of fused-ring (bicyclic) bond motifs is 1. The van der Waals surface area contributed by atoms with Gasteiger partial charge in [-0.2, -0.15) is 0 Å². The van der Waals surface area contributed by atoms with Crippen molar-refractivity contribution < 1.29 is 23.8 Å². The van der Waals surface area contributed by atoms with Gasteiger partial charge >= 0.3 is 0 Å². The van der Waals surface area contributed by atoms with E-state index in [1.165, 1.54) is 104 Å². The molecule has 0 aromatic heterocycles. The Morgan fingerprint density at radius 2 is 1.44 bits per heavy atom. The van der Waals surface area contributed by atoms with Crippen LogP contribution in [0.3, 0.4) is 0 Å². The Hall–Kier alpha value is -2.21. The lowest BCUT2D eigenvalue weighted by Gasteiger charge is -2.35. The Bertz CT molecular complexity index is 1010. The Kier molecular flexibility index (Phi) is 12.5. The molecule has 6 nitrogen and oxygen atoms in total. The number of ether oxygens (including phenoxy) is 3. The number of carbonyl (C=O) groups excluding carboxylic acids is 2. The monoisotopic (exact) mass is 561 g/mol. The van der Waals surface area contributed by atoms with Crippen molar-refractivity contribution >= 4 is 23.2 Å². The average Bonchev–Trinajstić information content (AvgIpc) is 3.24. The second kappa shape index (κ2) is 15.5. The van der Waals surface area contributed by atoms with Crippen LogP contribution in [0.1, 0.15) is 121 Å². The molecule has 0 radical (unpaired) electrons. The van der Waals surface area contributed by atoms with Crippen molar-refractivity contribution in [3.8, 4) is 17.2 Å². The zero-order chi connectivity index (χ0) is 28.3. The van der Waals surface area contributed by atoms with Crippen molar-refractivity contribution in [1.29, 1.82) is 0 Å². The van der Waals surface area contributed by atoms with Gasteiger partial charge in [-0.3, -0.25) is 9.59 Å². The molecule has 7 heteroatoms. The van der Waals surface area contributed by atoms with Gasteiger partial charge in [0.25, 0.3) is 0 Å². The first-order valence-electron chi connectivity index (χ1n) is 15.1. The zero-order valence-corrected chi connectivity index (χ0v) is 25.2. The van der Waals surface area contributed by atoms with Gasteiger partial charge in [-0.25, -0.2) is 0 Å². The van der Waals surface area contributed by atoms with Gasteiger partial charge in [0.1, 0.15) is 22.1 Å². The first-order valence-corrected chi connectivity index (χ1v) is 15.5. The van der Waals surface area contributed by atoms with Crippen LogP contribution in [-0.2, 0) is 4.79 Å². The summed E-state index contributed by atoms with van der Waals surface area (Å²) in [5.74, 6) is -0.342. The summed E-state index contributed by atoms with van der Waals surface area (Å²) >= 11 is 6.46. The van der Waals surface area contributed by atoms with Crippen LogP contribution in [0.25, 0.3) is 0 Å². The topological polar surface area (TPSA) is 73.9 Å². The van der Waals surface area contributed by atoms with Gasteiger partial charge in [-0.1, -0.05) is 109 Å². The fourth-order valence-electron chi connectivity index (χ4n) is 5.82. The van der Waals surface area contributed by atoms with E-state index in [-0.39, 0.29) is 28.0 Å². The van der Waals surface area contributed by atoms with E-state index in [2.05, 4.69) is 12.2 Å². The molecule has 218 valence electrons. The SMILES string of the molecule is CCCCCCCCCCCCCCCCNC1=CC(=O)[C@@]2(Oc3c(Cl)c(OC)cc(OC)c3C2=O)[C@H](C)C1. The molecule has 1 spiro atoms. The normalized spacial score (nSPS) is 20.1.